The molecule has 0 radical (unpaired) electrons. The Morgan fingerprint density at radius 2 is 1.85 bits per heavy atom. The molecule has 1 unspecified atom stereocenters. The molecule has 34 heavy (non-hydrogen) atoms. The van der Waals surface area contributed by atoms with Crippen molar-refractivity contribution in [2.45, 2.75) is 45.8 Å². The summed E-state index contributed by atoms with van der Waals surface area (Å²) in [6.45, 7) is 8.30. The predicted octanol–water partition coefficient (Wildman–Crippen LogP) is 4.46. The van der Waals surface area contributed by atoms with Crippen molar-refractivity contribution in [1.29, 1.82) is 0 Å². The zero-order valence-corrected chi connectivity index (χ0v) is 20.6. The normalized spacial score (nSPS) is 15.7. The topological polar surface area (TPSA) is 95.4 Å². The van der Waals surface area contributed by atoms with Crippen LogP contribution in [-0.4, -0.2) is 52.2 Å². The lowest BCUT2D eigenvalue weighted by molar-refractivity contribution is 0.201. The molecule has 0 bridgehead atoms. The molecule has 3 N–H and O–H groups in total. The maximum Gasteiger partial charge on any atom is 0.230 e. The Kier molecular flexibility index (Phi) is 7.29. The summed E-state index contributed by atoms with van der Waals surface area (Å²) in [7, 11) is 3.72. The number of aromatic nitrogens is 3. The monoisotopic (exact) mass is 462 g/mol. The Labute approximate surface area is 201 Å². The highest BCUT2D eigenvalue weighted by molar-refractivity contribution is 5.58. The zero-order valence-electron chi connectivity index (χ0n) is 20.6. The van der Waals surface area contributed by atoms with Crippen LogP contribution in [0.3, 0.4) is 0 Å². The lowest BCUT2D eigenvalue weighted by atomic mass is 9.87. The second-order valence-corrected chi connectivity index (χ2v) is 9.07. The highest BCUT2D eigenvalue weighted by Gasteiger charge is 2.21. The van der Waals surface area contributed by atoms with Crippen LogP contribution >= 0.6 is 0 Å². The smallest absolute Gasteiger partial charge is 0.230 e. The fourth-order valence-electron chi connectivity index (χ4n) is 4.57. The van der Waals surface area contributed by atoms with Crippen LogP contribution in [0.2, 0.25) is 0 Å². The van der Waals surface area contributed by atoms with Crippen LogP contribution in [0, 0.1) is 20.8 Å². The Hall–Kier alpha value is -3.23. The standard InChI is InChI=1S/C26H34N6O2/c1-16-8-11-27-18(3)23(16)30-24(33)22-15-28-26(31-25(22)34-5)29-20-6-7-21(17(2)14-20)19-9-12-32(4)13-10-19/h6-8,11,14-15,19,24,30,33H,9-10,12-13H2,1-5H3,(H,28,29,31). The first kappa shape index (κ1) is 23.9. The van der Waals surface area contributed by atoms with E-state index in [2.05, 4.69) is 62.7 Å². The fourth-order valence-corrected chi connectivity index (χ4v) is 4.57. The van der Waals surface area contributed by atoms with Crippen LogP contribution in [0.1, 0.15) is 52.9 Å². The highest BCUT2D eigenvalue weighted by Crippen LogP contribution is 2.32. The number of hydrogen-bond acceptors (Lipinski definition) is 8. The highest BCUT2D eigenvalue weighted by atomic mass is 16.5. The molecule has 4 rings (SSSR count). The minimum atomic E-state index is -1.04. The first-order valence-corrected chi connectivity index (χ1v) is 11.7. The number of benzene rings is 1. The molecule has 1 aliphatic rings. The molecule has 8 heteroatoms. The number of methoxy groups -OCH3 is 1. The van der Waals surface area contributed by atoms with Gasteiger partial charge in [-0.15, -0.1) is 0 Å². The lowest BCUT2D eigenvalue weighted by Gasteiger charge is -2.30. The van der Waals surface area contributed by atoms with E-state index in [0.29, 0.717) is 23.3 Å². The van der Waals surface area contributed by atoms with E-state index in [1.165, 1.54) is 31.1 Å². The summed E-state index contributed by atoms with van der Waals surface area (Å²) in [4.78, 5) is 15.6. The average molecular weight is 463 g/mol. The molecular weight excluding hydrogens is 428 g/mol. The first-order valence-electron chi connectivity index (χ1n) is 11.7. The van der Waals surface area contributed by atoms with E-state index < -0.39 is 6.23 Å². The Morgan fingerprint density at radius 3 is 2.53 bits per heavy atom. The van der Waals surface area contributed by atoms with E-state index in [0.717, 1.165) is 35.7 Å². The molecule has 0 spiro atoms. The second-order valence-electron chi connectivity index (χ2n) is 9.07. The summed E-state index contributed by atoms with van der Waals surface area (Å²) < 4.78 is 5.46. The van der Waals surface area contributed by atoms with Crippen molar-refractivity contribution in [3.63, 3.8) is 0 Å². The van der Waals surface area contributed by atoms with Crippen LogP contribution in [0.4, 0.5) is 17.3 Å². The van der Waals surface area contributed by atoms with Gasteiger partial charge in [0.15, 0.2) is 6.23 Å². The number of likely N-dealkylation sites (tertiary alicyclic amines) is 1. The van der Waals surface area contributed by atoms with Gasteiger partial charge in [0, 0.05) is 18.1 Å². The molecule has 1 saturated heterocycles. The quantitative estimate of drug-likeness (QED) is 0.443. The van der Waals surface area contributed by atoms with Gasteiger partial charge in [0.05, 0.1) is 24.1 Å². The number of aryl methyl sites for hydroxylation is 3. The minimum Gasteiger partial charge on any atom is -0.481 e. The largest absolute Gasteiger partial charge is 0.481 e. The molecule has 1 atom stereocenters. The maximum atomic E-state index is 10.8. The second kappa shape index (κ2) is 10.4. The third-order valence-electron chi connectivity index (χ3n) is 6.58. The summed E-state index contributed by atoms with van der Waals surface area (Å²) in [5, 5.41) is 17.2. The van der Waals surface area contributed by atoms with Crippen LogP contribution in [0.5, 0.6) is 5.88 Å². The third-order valence-corrected chi connectivity index (χ3v) is 6.58. The number of anilines is 3. The molecule has 0 aliphatic carbocycles. The van der Waals surface area contributed by atoms with Gasteiger partial charge in [0.1, 0.15) is 0 Å². The number of nitrogens with zero attached hydrogens (tertiary/aromatic N) is 4. The van der Waals surface area contributed by atoms with Gasteiger partial charge in [-0.1, -0.05) is 6.07 Å². The van der Waals surface area contributed by atoms with Crippen molar-refractivity contribution in [2.24, 2.45) is 0 Å². The number of aliphatic hydroxyl groups is 1. The van der Waals surface area contributed by atoms with E-state index in [4.69, 9.17) is 4.74 Å². The van der Waals surface area contributed by atoms with Gasteiger partial charge >= 0.3 is 0 Å². The SMILES string of the molecule is COc1nc(Nc2ccc(C3CCN(C)CC3)c(C)c2)ncc1C(O)Nc1c(C)ccnc1C. The minimum absolute atomic E-state index is 0.302. The molecular formula is C26H34N6O2. The number of pyridine rings is 1. The van der Waals surface area contributed by atoms with Crippen molar-refractivity contribution < 1.29 is 9.84 Å². The number of nitrogens with one attached hydrogen (secondary N) is 2. The van der Waals surface area contributed by atoms with Gasteiger partial charge in [-0.3, -0.25) is 4.98 Å². The molecule has 2 aromatic heterocycles. The molecule has 0 amide bonds. The third kappa shape index (κ3) is 5.29. The van der Waals surface area contributed by atoms with Crippen LogP contribution in [-0.2, 0) is 0 Å². The van der Waals surface area contributed by atoms with E-state index in [9.17, 15) is 5.11 Å². The van der Waals surface area contributed by atoms with Gasteiger partial charge in [-0.25, -0.2) is 4.98 Å². The van der Waals surface area contributed by atoms with Gasteiger partial charge in [-0.2, -0.15) is 4.98 Å². The fraction of sp³-hybridized carbons (Fsp3) is 0.423. The van der Waals surface area contributed by atoms with E-state index in [1.807, 2.05) is 19.9 Å². The molecule has 3 heterocycles. The van der Waals surface area contributed by atoms with Crippen molar-refractivity contribution in [3.05, 3.63) is 64.6 Å². The first-order chi connectivity index (χ1) is 16.4. The molecule has 1 aromatic carbocycles. The number of rotatable bonds is 7. The number of aliphatic hydroxyl groups excluding tert-OH is 1. The van der Waals surface area contributed by atoms with Crippen molar-refractivity contribution in [2.75, 3.05) is 37.9 Å². The summed E-state index contributed by atoms with van der Waals surface area (Å²) in [5.41, 5.74) is 6.63. The maximum absolute atomic E-state index is 10.8. The molecule has 1 fully saturated rings. The van der Waals surface area contributed by atoms with Gasteiger partial charge in [0.2, 0.25) is 11.8 Å². The van der Waals surface area contributed by atoms with Crippen LogP contribution < -0.4 is 15.4 Å². The molecule has 1 aliphatic heterocycles. The van der Waals surface area contributed by atoms with Gasteiger partial charge < -0.3 is 25.4 Å². The van der Waals surface area contributed by atoms with Crippen molar-refractivity contribution in [3.8, 4) is 5.88 Å². The van der Waals surface area contributed by atoms with Crippen LogP contribution in [0.15, 0.2) is 36.7 Å². The Morgan fingerprint density at radius 1 is 1.09 bits per heavy atom. The number of piperidine rings is 1. The number of hydrogen-bond donors (Lipinski definition) is 3. The van der Waals surface area contributed by atoms with Crippen molar-refractivity contribution >= 4 is 17.3 Å². The van der Waals surface area contributed by atoms with Gasteiger partial charge in [0.25, 0.3) is 0 Å². The Balaban J connectivity index is 1.49. The molecule has 3 aromatic rings. The average Bonchev–Trinajstić information content (AvgIpc) is 2.82. The zero-order chi connectivity index (χ0) is 24.2. The van der Waals surface area contributed by atoms with E-state index >= 15 is 0 Å². The van der Waals surface area contributed by atoms with E-state index in [-0.39, 0.29) is 0 Å². The van der Waals surface area contributed by atoms with Crippen molar-refractivity contribution in [1.82, 2.24) is 19.9 Å². The van der Waals surface area contributed by atoms with Crippen LogP contribution in [0.25, 0.3) is 0 Å². The van der Waals surface area contributed by atoms with Gasteiger partial charge in [-0.05, 0) is 94.6 Å². The number of ether oxygens (including phenoxy) is 1. The molecule has 0 saturated carbocycles. The Bertz CT molecular complexity index is 1120. The van der Waals surface area contributed by atoms with E-state index in [1.54, 1.807) is 12.4 Å². The summed E-state index contributed by atoms with van der Waals surface area (Å²) >= 11 is 0. The lowest BCUT2D eigenvalue weighted by Crippen LogP contribution is -2.29. The predicted molar refractivity (Wildman–Crippen MR) is 135 cm³/mol. The summed E-state index contributed by atoms with van der Waals surface area (Å²) in [5.74, 6) is 1.33. The summed E-state index contributed by atoms with van der Waals surface area (Å²) in [6, 6.07) is 8.32. The molecule has 8 nitrogen and oxygen atoms in total. The summed E-state index contributed by atoms with van der Waals surface area (Å²) in [6.07, 6.45) is 4.67. The molecule has 180 valence electrons.